The highest BCUT2D eigenvalue weighted by molar-refractivity contribution is 9.10. The minimum Gasteiger partial charge on any atom is -0.496 e. The van der Waals surface area contributed by atoms with Gasteiger partial charge in [0.15, 0.2) is 0 Å². The summed E-state index contributed by atoms with van der Waals surface area (Å²) in [5, 5.41) is 2.53. The van der Waals surface area contributed by atoms with Crippen molar-refractivity contribution in [2.75, 3.05) is 18.4 Å². The first-order chi connectivity index (χ1) is 14.4. The van der Waals surface area contributed by atoms with Crippen molar-refractivity contribution in [1.82, 2.24) is 5.32 Å². The molecule has 0 saturated heterocycles. The van der Waals surface area contributed by atoms with Gasteiger partial charge >= 0.3 is 6.09 Å². The van der Waals surface area contributed by atoms with Crippen LogP contribution in [-0.4, -0.2) is 33.8 Å². The summed E-state index contributed by atoms with van der Waals surface area (Å²) in [7, 11) is -2.32. The van der Waals surface area contributed by atoms with E-state index in [0.29, 0.717) is 15.8 Å². The number of amides is 1. The lowest BCUT2D eigenvalue weighted by Gasteiger charge is -2.19. The van der Waals surface area contributed by atoms with Crippen LogP contribution >= 0.6 is 15.9 Å². The van der Waals surface area contributed by atoms with Crippen molar-refractivity contribution < 1.29 is 22.7 Å². The Morgan fingerprint density at radius 1 is 1.16 bits per heavy atom. The molecule has 0 heterocycles. The number of carbonyl (C=O) groups excluding carboxylic acids is 1. The highest BCUT2D eigenvalue weighted by atomic mass is 79.9. The zero-order chi connectivity index (χ0) is 23.2. The zero-order valence-electron chi connectivity index (χ0n) is 18.0. The van der Waals surface area contributed by atoms with E-state index >= 15 is 0 Å². The molecule has 2 N–H and O–H groups in total. The first-order valence-corrected chi connectivity index (χ1v) is 11.6. The molecule has 0 unspecified atom stereocenters. The molecular weight excluding hydrogens is 484 g/mol. The first kappa shape index (κ1) is 24.6. The van der Waals surface area contributed by atoms with E-state index in [9.17, 15) is 13.2 Å². The van der Waals surface area contributed by atoms with Gasteiger partial charge < -0.3 is 14.8 Å². The number of hydrogen-bond acceptors (Lipinski definition) is 5. The SMILES string of the molecule is COc1cc(C#CCNC(=O)OC(C)(C)C)c(NS(=O)(=O)c2ccc(C)cc2)cc1Br. The van der Waals surface area contributed by atoms with Crippen LogP contribution in [-0.2, 0) is 14.8 Å². The standard InChI is InChI=1S/C22H25BrN2O5S/c1-15-8-10-17(11-9-15)31(27,28)25-19-14-18(23)20(29-5)13-16(19)7-6-12-24-21(26)30-22(2,3)4/h8-11,13-14,25H,12H2,1-5H3,(H,24,26). The van der Waals surface area contributed by atoms with Crippen LogP contribution in [0, 0.1) is 18.8 Å². The minimum absolute atomic E-state index is 0.0252. The molecule has 0 spiro atoms. The molecule has 0 bridgehead atoms. The number of carbonyl (C=O) groups is 1. The van der Waals surface area contributed by atoms with Crippen molar-refractivity contribution in [3.63, 3.8) is 0 Å². The van der Waals surface area contributed by atoms with Crippen LogP contribution in [0.4, 0.5) is 10.5 Å². The van der Waals surface area contributed by atoms with Gasteiger partial charge in [0.05, 0.1) is 34.3 Å². The van der Waals surface area contributed by atoms with Crippen LogP contribution in [0.5, 0.6) is 5.75 Å². The molecule has 0 aliphatic rings. The monoisotopic (exact) mass is 508 g/mol. The Morgan fingerprint density at radius 2 is 1.81 bits per heavy atom. The molecule has 0 radical (unpaired) electrons. The maximum Gasteiger partial charge on any atom is 0.408 e. The number of benzene rings is 2. The van der Waals surface area contributed by atoms with E-state index in [-0.39, 0.29) is 17.1 Å². The minimum atomic E-state index is -3.82. The van der Waals surface area contributed by atoms with E-state index < -0.39 is 21.7 Å². The van der Waals surface area contributed by atoms with Gasteiger partial charge in [-0.15, -0.1) is 0 Å². The van der Waals surface area contributed by atoms with Crippen molar-refractivity contribution in [1.29, 1.82) is 0 Å². The number of rotatable bonds is 5. The van der Waals surface area contributed by atoms with Crippen molar-refractivity contribution in [3.05, 3.63) is 52.0 Å². The molecule has 1 amide bonds. The summed E-state index contributed by atoms with van der Waals surface area (Å²) in [6.45, 7) is 7.19. The third kappa shape index (κ3) is 7.49. The molecule has 0 aliphatic heterocycles. The zero-order valence-corrected chi connectivity index (χ0v) is 20.4. The largest absolute Gasteiger partial charge is 0.496 e. The molecular formula is C22H25BrN2O5S. The van der Waals surface area contributed by atoms with Crippen LogP contribution in [0.15, 0.2) is 45.8 Å². The average molecular weight is 509 g/mol. The molecule has 31 heavy (non-hydrogen) atoms. The summed E-state index contributed by atoms with van der Waals surface area (Å²) in [5.41, 5.74) is 1.01. The molecule has 2 rings (SSSR count). The van der Waals surface area contributed by atoms with Crippen LogP contribution in [0.3, 0.4) is 0 Å². The van der Waals surface area contributed by atoms with Gasteiger partial charge in [-0.1, -0.05) is 29.5 Å². The second kappa shape index (κ2) is 10.1. The fraction of sp³-hybridized carbons (Fsp3) is 0.318. The Hall–Kier alpha value is -2.70. The number of nitrogens with one attached hydrogen (secondary N) is 2. The van der Waals surface area contributed by atoms with Crippen LogP contribution in [0.25, 0.3) is 0 Å². The van der Waals surface area contributed by atoms with E-state index in [2.05, 4.69) is 37.8 Å². The van der Waals surface area contributed by atoms with E-state index in [1.54, 1.807) is 45.0 Å². The highest BCUT2D eigenvalue weighted by Gasteiger charge is 2.18. The fourth-order valence-electron chi connectivity index (χ4n) is 2.39. The summed E-state index contributed by atoms with van der Waals surface area (Å²) in [6.07, 6.45) is -0.588. The summed E-state index contributed by atoms with van der Waals surface area (Å²) in [4.78, 5) is 11.9. The van der Waals surface area contributed by atoms with Gasteiger partial charge in [0.25, 0.3) is 10.0 Å². The summed E-state index contributed by atoms with van der Waals surface area (Å²) in [5.74, 6) is 6.15. The van der Waals surface area contributed by atoms with Crippen LogP contribution in [0.1, 0.15) is 31.9 Å². The second-order valence-corrected chi connectivity index (χ2v) is 10.1. The number of anilines is 1. The van der Waals surface area contributed by atoms with E-state index in [1.807, 2.05) is 6.92 Å². The third-order valence-electron chi connectivity index (χ3n) is 3.81. The third-order valence-corrected chi connectivity index (χ3v) is 5.81. The number of hydrogen-bond donors (Lipinski definition) is 2. The Balaban J connectivity index is 2.27. The molecule has 166 valence electrons. The maximum atomic E-state index is 12.8. The molecule has 9 heteroatoms. The van der Waals surface area contributed by atoms with E-state index in [1.165, 1.54) is 19.2 Å². The van der Waals surface area contributed by atoms with Crippen molar-refractivity contribution in [3.8, 4) is 17.6 Å². The normalized spacial score (nSPS) is 11.2. The van der Waals surface area contributed by atoms with Gasteiger partial charge in [-0.3, -0.25) is 4.72 Å². The van der Waals surface area contributed by atoms with Crippen molar-refractivity contribution in [2.45, 2.75) is 38.2 Å². The lowest BCUT2D eigenvalue weighted by Crippen LogP contribution is -2.32. The quantitative estimate of drug-likeness (QED) is 0.582. The summed E-state index contributed by atoms with van der Waals surface area (Å²) >= 11 is 3.36. The average Bonchev–Trinajstić information content (AvgIpc) is 2.65. The maximum absolute atomic E-state index is 12.8. The molecule has 7 nitrogen and oxygen atoms in total. The predicted molar refractivity (Wildman–Crippen MR) is 124 cm³/mol. The lowest BCUT2D eigenvalue weighted by molar-refractivity contribution is 0.0535. The van der Waals surface area contributed by atoms with Crippen molar-refractivity contribution >= 4 is 37.7 Å². The van der Waals surface area contributed by atoms with Gasteiger partial charge in [-0.2, -0.15) is 0 Å². The van der Waals surface area contributed by atoms with Gasteiger partial charge in [0.2, 0.25) is 0 Å². The smallest absolute Gasteiger partial charge is 0.408 e. The van der Waals surface area contributed by atoms with Gasteiger partial charge in [0.1, 0.15) is 11.4 Å². The molecule has 0 aromatic heterocycles. The lowest BCUT2D eigenvalue weighted by atomic mass is 10.2. The highest BCUT2D eigenvalue weighted by Crippen LogP contribution is 2.32. The number of methoxy groups -OCH3 is 1. The Labute approximate surface area is 191 Å². The van der Waals surface area contributed by atoms with Gasteiger partial charge in [-0.25, -0.2) is 13.2 Å². The van der Waals surface area contributed by atoms with Crippen LogP contribution < -0.4 is 14.8 Å². The van der Waals surface area contributed by atoms with Gasteiger partial charge in [0, 0.05) is 0 Å². The fourth-order valence-corrected chi connectivity index (χ4v) is 3.96. The number of sulfonamides is 1. The number of alkyl carbamates (subject to hydrolysis) is 1. The molecule has 0 fully saturated rings. The van der Waals surface area contributed by atoms with Crippen LogP contribution in [0.2, 0.25) is 0 Å². The molecule has 2 aromatic carbocycles. The van der Waals surface area contributed by atoms with E-state index in [4.69, 9.17) is 9.47 Å². The number of halogens is 1. The summed E-state index contributed by atoms with van der Waals surface area (Å²) in [6, 6.07) is 9.70. The Bertz CT molecular complexity index is 1110. The molecule has 0 aliphatic carbocycles. The molecule has 0 atom stereocenters. The number of aryl methyl sites for hydroxylation is 1. The molecule has 2 aromatic rings. The van der Waals surface area contributed by atoms with E-state index in [0.717, 1.165) is 5.56 Å². The topological polar surface area (TPSA) is 93.7 Å². The molecule has 0 saturated carbocycles. The first-order valence-electron chi connectivity index (χ1n) is 9.34. The predicted octanol–water partition coefficient (Wildman–Crippen LogP) is 4.44. The van der Waals surface area contributed by atoms with Crippen molar-refractivity contribution in [2.24, 2.45) is 0 Å². The second-order valence-electron chi connectivity index (χ2n) is 7.61. The number of ether oxygens (including phenoxy) is 2. The Kier molecular flexibility index (Phi) is 7.98. The van der Waals surface area contributed by atoms with Gasteiger partial charge in [-0.05, 0) is 67.9 Å². The summed E-state index contributed by atoms with van der Waals surface area (Å²) < 4.78 is 39.2. The Morgan fingerprint density at radius 3 is 2.39 bits per heavy atom.